The first-order chi connectivity index (χ1) is 18.2. The van der Waals surface area contributed by atoms with E-state index in [1.807, 2.05) is 0 Å². The van der Waals surface area contributed by atoms with E-state index < -0.39 is 58.9 Å². The molecule has 13 heteroatoms. The van der Waals surface area contributed by atoms with Gasteiger partial charge in [-0.1, -0.05) is 55.4 Å². The highest BCUT2D eigenvalue weighted by molar-refractivity contribution is 6.84. The van der Waals surface area contributed by atoms with E-state index in [0.29, 0.717) is 5.56 Å². The van der Waals surface area contributed by atoms with Crippen LogP contribution < -0.4 is 11.2 Å². The van der Waals surface area contributed by atoms with Crippen LogP contribution in [0.4, 0.5) is 0 Å². The summed E-state index contributed by atoms with van der Waals surface area (Å²) in [6, 6.07) is 0. The number of carbonyl (C=O) groups is 1. The molecule has 2 saturated heterocycles. The number of hydrogen-bond acceptors (Lipinski definition) is 9. The second-order valence-electron chi connectivity index (χ2n) is 11.8. The summed E-state index contributed by atoms with van der Waals surface area (Å²) in [4.78, 5) is 38.7. The molecule has 0 amide bonds. The van der Waals surface area contributed by atoms with Gasteiger partial charge in [-0.3, -0.25) is 19.1 Å². The summed E-state index contributed by atoms with van der Waals surface area (Å²) in [6.07, 6.45) is -1.35. The molecule has 0 saturated carbocycles. The minimum atomic E-state index is -2.99. The van der Waals surface area contributed by atoms with E-state index in [2.05, 4.69) is 60.4 Å². The minimum absolute atomic E-state index is 0.0378. The average molecular weight is 587 g/mol. The quantitative estimate of drug-likeness (QED) is 0.262. The zero-order chi connectivity index (χ0) is 29.3. The number of nitrogens with one attached hydrogen (secondary N) is 1. The molecule has 4 atom stereocenters. The van der Waals surface area contributed by atoms with Gasteiger partial charge in [0.2, 0.25) is 0 Å². The fourth-order valence-electron chi connectivity index (χ4n) is 5.67. The molecule has 3 heterocycles. The van der Waals surface area contributed by atoms with E-state index in [1.165, 1.54) is 17.7 Å². The Kier molecular flexibility index (Phi) is 10.2. The van der Waals surface area contributed by atoms with Crippen LogP contribution in [0.1, 0.15) is 74.1 Å². The normalized spacial score (nSPS) is 26.6. The topological polar surface area (TPSA) is 127 Å². The van der Waals surface area contributed by atoms with Crippen LogP contribution in [0.25, 0.3) is 0 Å². The third-order valence-corrected chi connectivity index (χ3v) is 18.0. The predicted molar refractivity (Wildman–Crippen MR) is 150 cm³/mol. The zero-order valence-electron chi connectivity index (χ0n) is 24.9. The van der Waals surface area contributed by atoms with Crippen LogP contribution in [-0.4, -0.2) is 70.8 Å². The fraction of sp³-hybridized carbons (Fsp3) is 0.808. The highest BCUT2D eigenvalue weighted by atomic mass is 28.5. The number of nitrogens with zero attached hydrogens (tertiary/aromatic N) is 1. The van der Waals surface area contributed by atoms with Crippen molar-refractivity contribution >= 4 is 23.1 Å². The van der Waals surface area contributed by atoms with Gasteiger partial charge in [-0.15, -0.1) is 0 Å². The predicted octanol–water partition coefficient (Wildman–Crippen LogP) is 3.65. The molecule has 2 fully saturated rings. The molecule has 0 radical (unpaired) electrons. The first-order valence-electron chi connectivity index (χ1n) is 13.9. The van der Waals surface area contributed by atoms with Gasteiger partial charge in [-0.2, -0.15) is 0 Å². The lowest BCUT2D eigenvalue weighted by molar-refractivity contribution is -0.144. The second-order valence-corrected chi connectivity index (χ2v) is 20.6. The maximum absolute atomic E-state index is 12.9. The van der Waals surface area contributed by atoms with Crippen LogP contribution in [-0.2, 0) is 32.0 Å². The fourth-order valence-corrected chi connectivity index (χ4v) is 16.9. The van der Waals surface area contributed by atoms with Gasteiger partial charge in [0, 0.05) is 18.7 Å². The Labute approximate surface area is 233 Å². The molecule has 0 aromatic carbocycles. The molecule has 11 nitrogen and oxygen atoms in total. The van der Waals surface area contributed by atoms with Crippen molar-refractivity contribution < 1.29 is 32.0 Å². The Morgan fingerprint density at radius 2 is 1.62 bits per heavy atom. The summed E-state index contributed by atoms with van der Waals surface area (Å²) in [7, 11) is -5.78. The molecule has 39 heavy (non-hydrogen) atoms. The number of carbonyl (C=O) groups excluding carboxylic acids is 1. The average Bonchev–Trinajstić information content (AvgIpc) is 3.14. The lowest BCUT2D eigenvalue weighted by atomic mass is 10.1. The number of aryl methyl sites for hydroxylation is 1. The van der Waals surface area contributed by atoms with Crippen LogP contribution in [0.3, 0.4) is 0 Å². The van der Waals surface area contributed by atoms with E-state index in [9.17, 15) is 14.4 Å². The molecule has 0 bridgehead atoms. The van der Waals surface area contributed by atoms with Gasteiger partial charge in [0.15, 0.2) is 6.23 Å². The summed E-state index contributed by atoms with van der Waals surface area (Å²) in [5.74, 6) is -0.415. The Morgan fingerprint density at radius 3 is 2.15 bits per heavy atom. The van der Waals surface area contributed by atoms with Gasteiger partial charge >= 0.3 is 28.8 Å². The molecule has 222 valence electrons. The third kappa shape index (κ3) is 6.34. The monoisotopic (exact) mass is 586 g/mol. The molecule has 1 N–H and O–H groups in total. The number of aromatic amines is 1. The highest BCUT2D eigenvalue weighted by Crippen LogP contribution is 2.48. The molecule has 0 unspecified atom stereocenters. The van der Waals surface area contributed by atoms with E-state index >= 15 is 0 Å². The standard InChI is InChI=1S/C26H46N2O9Si2/c1-15(2)38(16(3)4)34-14-21-22(36-39(37-38,17(5)6)18(7)8)23(33-12-11-32-20(10)29)25(35-21)28-13-19(9)24(30)27-26(28)31/h13,15-18,21-23,25H,11-12,14H2,1-10H3,(H,27,30,31)/t21-,22-,23-,25-/m1/s1. The van der Waals surface area contributed by atoms with Crippen LogP contribution in [0.2, 0.25) is 22.2 Å². The SMILES string of the molecule is CC(=O)OCCO[C@@H]1[C@@H]2O[Si](C(C)C)(C(C)C)O[Si](C(C)C)(C(C)C)OC[C@H]2O[C@H]1n1cc(C)c(=O)[nH]c1=O. The number of ether oxygens (including phenoxy) is 3. The highest BCUT2D eigenvalue weighted by Gasteiger charge is 2.62. The van der Waals surface area contributed by atoms with Crippen LogP contribution in [0.5, 0.6) is 0 Å². The molecular formula is C26H46N2O9Si2. The molecule has 0 spiro atoms. The van der Waals surface area contributed by atoms with Crippen molar-refractivity contribution in [1.29, 1.82) is 0 Å². The van der Waals surface area contributed by atoms with Crippen molar-refractivity contribution in [2.24, 2.45) is 0 Å². The summed E-state index contributed by atoms with van der Waals surface area (Å²) < 4.78 is 40.4. The first-order valence-corrected chi connectivity index (χ1v) is 17.8. The molecule has 1 aromatic heterocycles. The molecular weight excluding hydrogens is 540 g/mol. The van der Waals surface area contributed by atoms with Crippen LogP contribution in [0, 0.1) is 6.92 Å². The number of rotatable bonds is 9. The number of fused-ring (bicyclic) bond motifs is 1. The molecule has 0 aliphatic carbocycles. The van der Waals surface area contributed by atoms with E-state index in [4.69, 9.17) is 27.2 Å². The molecule has 1 aromatic rings. The summed E-state index contributed by atoms with van der Waals surface area (Å²) >= 11 is 0. The van der Waals surface area contributed by atoms with Crippen molar-refractivity contribution in [2.45, 2.75) is 116 Å². The van der Waals surface area contributed by atoms with Crippen molar-refractivity contribution in [3.8, 4) is 0 Å². The lowest BCUT2D eigenvalue weighted by Crippen LogP contribution is -2.66. The number of H-pyrrole nitrogens is 1. The Balaban J connectivity index is 2.12. The summed E-state index contributed by atoms with van der Waals surface area (Å²) in [6.45, 7) is 20.4. The van der Waals surface area contributed by atoms with Crippen molar-refractivity contribution in [3.63, 3.8) is 0 Å². The number of aromatic nitrogens is 2. The minimum Gasteiger partial charge on any atom is -0.463 e. The van der Waals surface area contributed by atoms with Gasteiger partial charge < -0.3 is 27.2 Å². The van der Waals surface area contributed by atoms with Gasteiger partial charge in [-0.25, -0.2) is 4.79 Å². The summed E-state index contributed by atoms with van der Waals surface area (Å²) in [5, 5.41) is 0. The Hall–Kier alpha value is -1.62. The van der Waals surface area contributed by atoms with Gasteiger partial charge in [0.05, 0.1) is 13.2 Å². The summed E-state index contributed by atoms with van der Waals surface area (Å²) in [5.41, 5.74) is -0.207. The van der Waals surface area contributed by atoms with Crippen LogP contribution in [0.15, 0.2) is 15.8 Å². The van der Waals surface area contributed by atoms with Crippen LogP contribution >= 0.6 is 0 Å². The van der Waals surface area contributed by atoms with Crippen molar-refractivity contribution in [3.05, 3.63) is 32.6 Å². The number of esters is 1. The molecule has 2 aliphatic rings. The molecule has 3 rings (SSSR count). The second kappa shape index (κ2) is 12.5. The first kappa shape index (κ1) is 31.9. The van der Waals surface area contributed by atoms with Gasteiger partial charge in [0.1, 0.15) is 24.9 Å². The Bertz CT molecular complexity index is 1100. The molecule has 2 aliphatic heterocycles. The van der Waals surface area contributed by atoms with Gasteiger partial charge in [0.25, 0.3) is 5.56 Å². The van der Waals surface area contributed by atoms with Crippen molar-refractivity contribution in [2.75, 3.05) is 19.8 Å². The number of hydrogen-bond donors (Lipinski definition) is 1. The van der Waals surface area contributed by atoms with E-state index in [-0.39, 0.29) is 42.0 Å². The van der Waals surface area contributed by atoms with E-state index in [0.717, 1.165) is 0 Å². The van der Waals surface area contributed by atoms with Crippen molar-refractivity contribution in [1.82, 2.24) is 9.55 Å². The Morgan fingerprint density at radius 1 is 1.03 bits per heavy atom. The van der Waals surface area contributed by atoms with Gasteiger partial charge in [-0.05, 0) is 29.1 Å². The maximum Gasteiger partial charge on any atom is 0.335 e. The maximum atomic E-state index is 12.9. The third-order valence-electron chi connectivity index (χ3n) is 7.74. The zero-order valence-corrected chi connectivity index (χ0v) is 26.9. The largest absolute Gasteiger partial charge is 0.463 e. The smallest absolute Gasteiger partial charge is 0.335 e. The van der Waals surface area contributed by atoms with E-state index in [1.54, 1.807) is 6.92 Å². The lowest BCUT2D eigenvalue weighted by Gasteiger charge is -2.51.